The molecule has 1 atom stereocenters. The van der Waals surface area contributed by atoms with E-state index in [9.17, 15) is 9.59 Å². The summed E-state index contributed by atoms with van der Waals surface area (Å²) in [6.07, 6.45) is 6.82. The molecule has 1 aliphatic carbocycles. The molecule has 2 heterocycles. The fourth-order valence-corrected chi connectivity index (χ4v) is 3.75. The largest absolute Gasteiger partial charge is 0.490 e. The molecule has 1 N–H and O–H groups in total. The van der Waals surface area contributed by atoms with E-state index in [2.05, 4.69) is 5.32 Å². The summed E-state index contributed by atoms with van der Waals surface area (Å²) in [6, 6.07) is 11.1. The third-order valence-corrected chi connectivity index (χ3v) is 5.24. The Labute approximate surface area is 158 Å². The first-order chi connectivity index (χ1) is 13.2. The number of carbonyl (C=O) groups is 2. The van der Waals surface area contributed by atoms with Gasteiger partial charge in [-0.1, -0.05) is 0 Å². The summed E-state index contributed by atoms with van der Waals surface area (Å²) in [6.45, 7) is 0.817. The van der Waals surface area contributed by atoms with Crippen LogP contribution in [0.3, 0.4) is 0 Å². The van der Waals surface area contributed by atoms with Crippen molar-refractivity contribution in [2.24, 2.45) is 5.92 Å². The van der Waals surface area contributed by atoms with E-state index in [-0.39, 0.29) is 24.2 Å². The molecule has 6 nitrogen and oxygen atoms in total. The Morgan fingerprint density at radius 3 is 2.67 bits per heavy atom. The molecule has 0 spiro atoms. The maximum atomic E-state index is 12.5. The summed E-state index contributed by atoms with van der Waals surface area (Å²) >= 11 is 0. The van der Waals surface area contributed by atoms with E-state index in [1.807, 2.05) is 30.3 Å². The van der Waals surface area contributed by atoms with Gasteiger partial charge in [-0.2, -0.15) is 0 Å². The van der Waals surface area contributed by atoms with Gasteiger partial charge >= 0.3 is 0 Å². The lowest BCUT2D eigenvalue weighted by Gasteiger charge is -2.15. The minimum absolute atomic E-state index is 0.0214. The average molecular weight is 368 g/mol. The van der Waals surface area contributed by atoms with Crippen LogP contribution in [0, 0.1) is 5.92 Å². The lowest BCUT2D eigenvalue weighted by atomic mass is 10.1. The molecule has 142 valence electrons. The van der Waals surface area contributed by atoms with Gasteiger partial charge in [0.2, 0.25) is 11.8 Å². The van der Waals surface area contributed by atoms with Crippen LogP contribution in [-0.4, -0.2) is 29.4 Å². The van der Waals surface area contributed by atoms with Crippen molar-refractivity contribution in [3.63, 3.8) is 0 Å². The van der Waals surface area contributed by atoms with Crippen molar-refractivity contribution in [1.82, 2.24) is 4.90 Å². The molecule has 2 fully saturated rings. The molecule has 4 rings (SSSR count). The second kappa shape index (κ2) is 7.86. The molecule has 6 heteroatoms. The van der Waals surface area contributed by atoms with Gasteiger partial charge in [0.15, 0.2) is 0 Å². The molecule has 0 unspecified atom stereocenters. The zero-order valence-corrected chi connectivity index (χ0v) is 15.2. The smallest absolute Gasteiger partial charge is 0.229 e. The van der Waals surface area contributed by atoms with Gasteiger partial charge in [-0.3, -0.25) is 9.59 Å². The molecule has 1 aromatic heterocycles. The van der Waals surface area contributed by atoms with Crippen LogP contribution in [0.1, 0.15) is 37.9 Å². The molecular weight excluding hydrogens is 344 g/mol. The lowest BCUT2D eigenvalue weighted by Crippen LogP contribution is -2.27. The predicted molar refractivity (Wildman–Crippen MR) is 100 cm³/mol. The van der Waals surface area contributed by atoms with Crippen molar-refractivity contribution in [2.75, 3.05) is 11.9 Å². The quantitative estimate of drug-likeness (QED) is 0.846. The molecular formula is C21H24N2O4. The fraction of sp³-hybridized carbons (Fsp3) is 0.429. The number of nitrogens with one attached hydrogen (secondary N) is 1. The Hall–Kier alpha value is -2.76. The predicted octanol–water partition coefficient (Wildman–Crippen LogP) is 3.59. The van der Waals surface area contributed by atoms with Crippen molar-refractivity contribution in [1.29, 1.82) is 0 Å². The van der Waals surface area contributed by atoms with E-state index in [0.29, 0.717) is 19.2 Å². The van der Waals surface area contributed by atoms with E-state index in [1.54, 1.807) is 17.2 Å². The van der Waals surface area contributed by atoms with Crippen molar-refractivity contribution in [3.05, 3.63) is 48.4 Å². The zero-order valence-electron chi connectivity index (χ0n) is 15.2. The number of hydrogen-bond donors (Lipinski definition) is 1. The van der Waals surface area contributed by atoms with Crippen LogP contribution < -0.4 is 10.1 Å². The minimum atomic E-state index is -0.345. The monoisotopic (exact) mass is 368 g/mol. The summed E-state index contributed by atoms with van der Waals surface area (Å²) in [4.78, 5) is 26.4. The van der Waals surface area contributed by atoms with Crippen LogP contribution in [0.15, 0.2) is 47.1 Å². The second-order valence-electron chi connectivity index (χ2n) is 7.29. The van der Waals surface area contributed by atoms with Gasteiger partial charge in [0.1, 0.15) is 11.5 Å². The second-order valence-corrected chi connectivity index (χ2v) is 7.29. The molecule has 0 bridgehead atoms. The Balaban J connectivity index is 1.30. The zero-order chi connectivity index (χ0) is 18.6. The number of nitrogens with zero attached hydrogens (tertiary/aromatic N) is 1. The van der Waals surface area contributed by atoms with Gasteiger partial charge in [0.05, 0.1) is 24.8 Å². The number of benzene rings is 1. The highest BCUT2D eigenvalue weighted by atomic mass is 16.5. The molecule has 1 aromatic carbocycles. The number of anilines is 1. The highest BCUT2D eigenvalue weighted by Crippen LogP contribution is 2.26. The summed E-state index contributed by atoms with van der Waals surface area (Å²) in [5, 5.41) is 2.91. The Kier molecular flexibility index (Phi) is 5.14. The van der Waals surface area contributed by atoms with E-state index < -0.39 is 0 Å². The Morgan fingerprint density at radius 1 is 1.19 bits per heavy atom. The minimum Gasteiger partial charge on any atom is -0.490 e. The molecule has 27 heavy (non-hydrogen) atoms. The van der Waals surface area contributed by atoms with Crippen LogP contribution in [0.4, 0.5) is 5.69 Å². The van der Waals surface area contributed by atoms with Gasteiger partial charge in [-0.25, -0.2) is 0 Å². The third kappa shape index (κ3) is 4.32. The average Bonchev–Trinajstić information content (AvgIpc) is 3.41. The van der Waals surface area contributed by atoms with E-state index >= 15 is 0 Å². The summed E-state index contributed by atoms with van der Waals surface area (Å²) in [7, 11) is 0. The third-order valence-electron chi connectivity index (χ3n) is 5.24. The van der Waals surface area contributed by atoms with Crippen LogP contribution in [0.5, 0.6) is 5.75 Å². The van der Waals surface area contributed by atoms with Crippen molar-refractivity contribution in [2.45, 2.75) is 44.8 Å². The van der Waals surface area contributed by atoms with Crippen molar-refractivity contribution < 1.29 is 18.7 Å². The maximum Gasteiger partial charge on any atom is 0.229 e. The number of amides is 2. The number of rotatable bonds is 6. The van der Waals surface area contributed by atoms with Crippen LogP contribution in [-0.2, 0) is 16.1 Å². The first kappa shape index (κ1) is 17.6. The number of likely N-dealkylation sites (tertiary alicyclic amines) is 1. The first-order valence-corrected chi connectivity index (χ1v) is 9.55. The van der Waals surface area contributed by atoms with Crippen LogP contribution in [0.2, 0.25) is 0 Å². The number of ether oxygens (including phenoxy) is 1. The number of hydrogen-bond acceptors (Lipinski definition) is 4. The van der Waals surface area contributed by atoms with Crippen molar-refractivity contribution in [3.8, 4) is 5.75 Å². The van der Waals surface area contributed by atoms with E-state index in [4.69, 9.17) is 9.15 Å². The van der Waals surface area contributed by atoms with Gasteiger partial charge in [0, 0.05) is 18.7 Å². The Morgan fingerprint density at radius 2 is 1.96 bits per heavy atom. The van der Waals surface area contributed by atoms with E-state index in [1.165, 1.54) is 12.8 Å². The first-order valence-electron chi connectivity index (χ1n) is 9.55. The molecule has 0 radical (unpaired) electrons. The standard InChI is InChI=1S/C21H24N2O4/c24-20-12-15(13-23(20)14-19-6-3-11-26-19)21(25)22-16-7-9-18(10-8-16)27-17-4-1-2-5-17/h3,6-11,15,17H,1-2,4-5,12-14H2,(H,22,25)/t15-/m0/s1. The molecule has 2 aliphatic rings. The topological polar surface area (TPSA) is 71.8 Å². The highest BCUT2D eigenvalue weighted by molar-refractivity contribution is 5.97. The highest BCUT2D eigenvalue weighted by Gasteiger charge is 2.34. The number of carbonyl (C=O) groups excluding carboxylic acids is 2. The van der Waals surface area contributed by atoms with Crippen molar-refractivity contribution >= 4 is 17.5 Å². The molecule has 2 amide bonds. The maximum absolute atomic E-state index is 12.5. The van der Waals surface area contributed by atoms with Gasteiger partial charge < -0.3 is 19.4 Å². The molecule has 1 saturated heterocycles. The fourth-order valence-electron chi connectivity index (χ4n) is 3.75. The molecule has 1 saturated carbocycles. The lowest BCUT2D eigenvalue weighted by molar-refractivity contribution is -0.128. The van der Waals surface area contributed by atoms with Gasteiger partial charge in [0.25, 0.3) is 0 Å². The number of furan rings is 1. The van der Waals surface area contributed by atoms with Crippen LogP contribution >= 0.6 is 0 Å². The van der Waals surface area contributed by atoms with Gasteiger partial charge in [-0.15, -0.1) is 0 Å². The van der Waals surface area contributed by atoms with Gasteiger partial charge in [-0.05, 0) is 62.1 Å². The SMILES string of the molecule is O=C(Nc1ccc(OC2CCCC2)cc1)[C@H]1CC(=O)N(Cc2ccco2)C1. The Bertz CT molecular complexity index is 779. The summed E-state index contributed by atoms with van der Waals surface area (Å²) in [5.74, 6) is 1.06. The van der Waals surface area contributed by atoms with Crippen LogP contribution in [0.25, 0.3) is 0 Å². The normalized spacial score (nSPS) is 20.2. The molecule has 2 aromatic rings. The molecule has 1 aliphatic heterocycles. The summed E-state index contributed by atoms with van der Waals surface area (Å²) < 4.78 is 11.2. The van der Waals surface area contributed by atoms with E-state index in [0.717, 1.165) is 30.0 Å². The summed E-state index contributed by atoms with van der Waals surface area (Å²) in [5.41, 5.74) is 0.718.